The van der Waals surface area contributed by atoms with Crippen molar-refractivity contribution in [3.05, 3.63) is 16.8 Å². The lowest BCUT2D eigenvalue weighted by Gasteiger charge is -2.32. The van der Waals surface area contributed by atoms with Crippen LogP contribution in [0.5, 0.6) is 0 Å². The zero-order valence-electron chi connectivity index (χ0n) is 14.7. The van der Waals surface area contributed by atoms with E-state index < -0.39 is 0 Å². The molecule has 1 aliphatic heterocycles. The maximum Gasteiger partial charge on any atom is 0.245 e. The fraction of sp³-hybridized carbons (Fsp3) is 0.611. The van der Waals surface area contributed by atoms with E-state index in [0.717, 1.165) is 28.9 Å². The third-order valence-electron chi connectivity index (χ3n) is 5.05. The third-order valence-corrected chi connectivity index (χ3v) is 6.25. The lowest BCUT2D eigenvalue weighted by atomic mass is 10.0. The number of aryl methyl sites for hydroxylation is 2. The van der Waals surface area contributed by atoms with E-state index in [9.17, 15) is 4.79 Å². The summed E-state index contributed by atoms with van der Waals surface area (Å²) >= 11 is 1.77. The Hall–Kier alpha value is -1.73. The van der Waals surface area contributed by atoms with E-state index in [1.807, 2.05) is 4.90 Å². The van der Waals surface area contributed by atoms with Crippen LogP contribution in [0.1, 0.15) is 30.7 Å². The highest BCUT2D eigenvalue weighted by Gasteiger charge is 2.30. The smallest absolute Gasteiger partial charge is 0.245 e. The average Bonchev–Trinajstić information content (AvgIpc) is 3.20. The average molecular weight is 360 g/mol. The van der Waals surface area contributed by atoms with Gasteiger partial charge in [-0.3, -0.25) is 4.79 Å². The van der Waals surface area contributed by atoms with Crippen molar-refractivity contribution in [1.82, 2.24) is 14.9 Å². The molecule has 7 heteroatoms. The molecule has 25 heavy (non-hydrogen) atoms. The summed E-state index contributed by atoms with van der Waals surface area (Å²) < 4.78 is 5.37. The number of carbonyl (C=O) groups excluding carboxylic acids is 1. The van der Waals surface area contributed by atoms with Gasteiger partial charge in [-0.25, -0.2) is 9.97 Å². The number of nitrogens with zero attached hydrogens (tertiary/aromatic N) is 3. The maximum absolute atomic E-state index is 13.0. The van der Waals surface area contributed by atoms with Crippen molar-refractivity contribution in [3.63, 3.8) is 0 Å². The van der Waals surface area contributed by atoms with Gasteiger partial charge in [-0.2, -0.15) is 0 Å². The summed E-state index contributed by atoms with van der Waals surface area (Å²) in [5, 5.41) is 4.58. The number of carbonyl (C=O) groups is 1. The number of hydrogen-bond donors (Lipinski definition) is 1. The molecule has 1 amide bonds. The van der Waals surface area contributed by atoms with Crippen molar-refractivity contribution < 1.29 is 9.53 Å². The van der Waals surface area contributed by atoms with Crippen LogP contribution in [0, 0.1) is 5.92 Å². The highest BCUT2D eigenvalue weighted by Crippen LogP contribution is 2.39. The number of amides is 1. The summed E-state index contributed by atoms with van der Waals surface area (Å²) in [6.07, 6.45) is 5.02. The molecule has 1 saturated heterocycles. The monoisotopic (exact) mass is 360 g/mol. The normalized spacial score (nSPS) is 18.6. The van der Waals surface area contributed by atoms with Crippen LogP contribution in [0.15, 0.2) is 6.33 Å². The van der Waals surface area contributed by atoms with Crippen molar-refractivity contribution in [2.45, 2.75) is 39.2 Å². The molecular weight excluding hydrogens is 336 g/mol. The fourth-order valence-corrected chi connectivity index (χ4v) is 4.91. The second-order valence-electron chi connectivity index (χ2n) is 7.06. The molecule has 0 aromatic carbocycles. The van der Waals surface area contributed by atoms with E-state index >= 15 is 0 Å². The van der Waals surface area contributed by atoms with Crippen molar-refractivity contribution in [2.75, 3.05) is 31.6 Å². The zero-order valence-corrected chi connectivity index (χ0v) is 15.6. The molecule has 0 radical (unpaired) electrons. The minimum atomic E-state index is -0.284. The summed E-state index contributed by atoms with van der Waals surface area (Å²) in [5.74, 6) is 1.12. The first-order valence-corrected chi connectivity index (χ1v) is 9.85. The standard InChI is InChI=1S/C18H24N4O2S/c1-11(2)15(18(23)22-6-8-24-9-7-22)21-16-14-12-4-3-5-13(12)25-17(14)20-10-19-16/h10-11,15H,3-9H2,1-2H3,(H,19,20,21). The second kappa shape index (κ2) is 6.88. The van der Waals surface area contributed by atoms with Crippen LogP contribution in [0.3, 0.4) is 0 Å². The highest BCUT2D eigenvalue weighted by molar-refractivity contribution is 7.19. The van der Waals surface area contributed by atoms with E-state index in [-0.39, 0.29) is 17.9 Å². The second-order valence-corrected chi connectivity index (χ2v) is 8.15. The predicted molar refractivity (Wildman–Crippen MR) is 99.1 cm³/mol. The van der Waals surface area contributed by atoms with Gasteiger partial charge in [-0.15, -0.1) is 11.3 Å². The molecule has 0 bridgehead atoms. The van der Waals surface area contributed by atoms with Crippen molar-refractivity contribution in [2.24, 2.45) is 5.92 Å². The molecule has 1 atom stereocenters. The van der Waals surface area contributed by atoms with E-state index in [2.05, 4.69) is 29.1 Å². The molecule has 1 N–H and O–H groups in total. The minimum Gasteiger partial charge on any atom is -0.378 e. The van der Waals surface area contributed by atoms with Gasteiger partial charge in [0.2, 0.25) is 5.91 Å². The molecule has 6 nitrogen and oxygen atoms in total. The SMILES string of the molecule is CC(C)C(Nc1ncnc2sc3c(c12)CCC3)C(=O)N1CCOCC1. The first kappa shape index (κ1) is 16.7. The number of rotatable bonds is 4. The van der Waals surface area contributed by atoms with E-state index in [1.54, 1.807) is 17.7 Å². The number of anilines is 1. The zero-order chi connectivity index (χ0) is 17.4. The summed E-state index contributed by atoms with van der Waals surface area (Å²) in [4.78, 5) is 26.3. The highest BCUT2D eigenvalue weighted by atomic mass is 32.1. The Labute approximate surface area is 151 Å². The van der Waals surface area contributed by atoms with Crippen LogP contribution in [-0.2, 0) is 22.4 Å². The Morgan fingerprint density at radius 2 is 2.08 bits per heavy atom. The summed E-state index contributed by atoms with van der Waals surface area (Å²) in [5.41, 5.74) is 1.38. The van der Waals surface area contributed by atoms with Crippen LogP contribution in [-0.4, -0.2) is 53.1 Å². The summed E-state index contributed by atoms with van der Waals surface area (Å²) in [6, 6.07) is -0.284. The summed E-state index contributed by atoms with van der Waals surface area (Å²) in [7, 11) is 0. The molecule has 1 fully saturated rings. The molecule has 134 valence electrons. The predicted octanol–water partition coefficient (Wildman–Crippen LogP) is 2.48. The Kier molecular flexibility index (Phi) is 4.60. The van der Waals surface area contributed by atoms with Crippen LogP contribution in [0.4, 0.5) is 5.82 Å². The van der Waals surface area contributed by atoms with E-state index in [4.69, 9.17) is 4.74 Å². The maximum atomic E-state index is 13.0. The van der Waals surface area contributed by atoms with Crippen molar-refractivity contribution in [1.29, 1.82) is 0 Å². The lowest BCUT2D eigenvalue weighted by Crippen LogP contribution is -2.50. The van der Waals surface area contributed by atoms with E-state index in [1.165, 1.54) is 16.9 Å². The molecule has 4 rings (SSSR count). The molecule has 2 aliphatic rings. The Morgan fingerprint density at radius 1 is 1.28 bits per heavy atom. The van der Waals surface area contributed by atoms with Gasteiger partial charge in [-0.05, 0) is 30.7 Å². The van der Waals surface area contributed by atoms with Gasteiger partial charge in [0.25, 0.3) is 0 Å². The van der Waals surface area contributed by atoms with Crippen LogP contribution in [0.25, 0.3) is 10.2 Å². The Bertz CT molecular complexity index is 783. The number of aromatic nitrogens is 2. The first-order valence-electron chi connectivity index (χ1n) is 9.03. The number of hydrogen-bond acceptors (Lipinski definition) is 6. The number of nitrogens with one attached hydrogen (secondary N) is 1. The number of morpholine rings is 1. The number of fused-ring (bicyclic) bond motifs is 3. The van der Waals surface area contributed by atoms with Crippen LogP contribution in [0.2, 0.25) is 0 Å². The van der Waals surface area contributed by atoms with Crippen molar-refractivity contribution in [3.8, 4) is 0 Å². The van der Waals surface area contributed by atoms with Gasteiger partial charge in [0.05, 0.1) is 18.6 Å². The van der Waals surface area contributed by atoms with Gasteiger partial charge in [-0.1, -0.05) is 13.8 Å². The van der Waals surface area contributed by atoms with Gasteiger partial charge >= 0.3 is 0 Å². The van der Waals surface area contributed by atoms with E-state index in [0.29, 0.717) is 26.3 Å². The van der Waals surface area contributed by atoms with Crippen LogP contribution >= 0.6 is 11.3 Å². The molecule has 0 spiro atoms. The number of ether oxygens (including phenoxy) is 1. The first-order chi connectivity index (χ1) is 12.1. The molecule has 2 aromatic rings. The number of thiophene rings is 1. The van der Waals surface area contributed by atoms with Gasteiger partial charge < -0.3 is 15.0 Å². The van der Waals surface area contributed by atoms with Gasteiger partial charge in [0.1, 0.15) is 23.0 Å². The van der Waals surface area contributed by atoms with Crippen LogP contribution < -0.4 is 5.32 Å². The van der Waals surface area contributed by atoms with Gasteiger partial charge in [0, 0.05) is 18.0 Å². The summed E-state index contributed by atoms with van der Waals surface area (Å²) in [6.45, 7) is 6.71. The minimum absolute atomic E-state index is 0.136. The van der Waals surface area contributed by atoms with Gasteiger partial charge in [0.15, 0.2) is 0 Å². The van der Waals surface area contributed by atoms with Crippen molar-refractivity contribution >= 4 is 33.3 Å². The largest absolute Gasteiger partial charge is 0.378 e. The fourth-order valence-electron chi connectivity index (χ4n) is 3.68. The molecule has 1 unspecified atom stereocenters. The lowest BCUT2D eigenvalue weighted by molar-refractivity contribution is -0.137. The topological polar surface area (TPSA) is 67.4 Å². The molecule has 1 aliphatic carbocycles. The molecule has 0 saturated carbocycles. The Morgan fingerprint density at radius 3 is 2.84 bits per heavy atom. The third kappa shape index (κ3) is 3.11. The molecule has 3 heterocycles. The Balaban J connectivity index is 1.64. The molecule has 2 aromatic heterocycles. The molecular formula is C18H24N4O2S. The quantitative estimate of drug-likeness (QED) is 0.907.